The van der Waals surface area contributed by atoms with Gasteiger partial charge in [-0.1, -0.05) is 35.6 Å². The molecule has 33 heavy (non-hydrogen) atoms. The molecule has 168 valence electrons. The van der Waals surface area contributed by atoms with Gasteiger partial charge in [-0.15, -0.1) is 0 Å². The molecule has 0 radical (unpaired) electrons. The predicted octanol–water partition coefficient (Wildman–Crippen LogP) is 5.28. The third-order valence-corrected chi connectivity index (χ3v) is 6.21. The van der Waals surface area contributed by atoms with E-state index in [0.29, 0.717) is 27.9 Å². The smallest absolute Gasteiger partial charge is 0.260 e. The summed E-state index contributed by atoms with van der Waals surface area (Å²) in [6.45, 7) is 1.93. The zero-order valence-electron chi connectivity index (χ0n) is 17.8. The summed E-state index contributed by atoms with van der Waals surface area (Å²) in [4.78, 5) is 30.2. The second kappa shape index (κ2) is 9.87. The lowest BCUT2D eigenvalue weighted by Crippen LogP contribution is -2.16. The fourth-order valence-corrected chi connectivity index (χ4v) is 4.25. The van der Waals surface area contributed by atoms with Crippen LogP contribution in [0.4, 0.5) is 8.78 Å². The van der Waals surface area contributed by atoms with Crippen molar-refractivity contribution in [3.63, 3.8) is 0 Å². The number of aryl methyl sites for hydroxylation is 2. The zero-order valence-corrected chi connectivity index (χ0v) is 18.6. The van der Waals surface area contributed by atoms with Crippen molar-refractivity contribution in [3.05, 3.63) is 111 Å². The molecule has 0 unspecified atom stereocenters. The van der Waals surface area contributed by atoms with Crippen LogP contribution in [0, 0.1) is 18.6 Å². The quantitative estimate of drug-likeness (QED) is 0.332. The molecule has 0 atom stereocenters. The van der Waals surface area contributed by atoms with Crippen LogP contribution in [-0.2, 0) is 13.0 Å². The number of hydrogen-bond donors (Lipinski definition) is 0. The van der Waals surface area contributed by atoms with Gasteiger partial charge in [0.05, 0.1) is 10.6 Å². The third kappa shape index (κ3) is 5.59. The predicted molar refractivity (Wildman–Crippen MR) is 122 cm³/mol. The van der Waals surface area contributed by atoms with Gasteiger partial charge < -0.3 is 4.74 Å². The molecule has 0 bridgehead atoms. The molecule has 2 aromatic heterocycles. The van der Waals surface area contributed by atoms with Gasteiger partial charge in [-0.3, -0.25) is 14.2 Å². The first-order valence-electron chi connectivity index (χ1n) is 10.2. The summed E-state index contributed by atoms with van der Waals surface area (Å²) in [6.07, 6.45) is 2.30. The first-order chi connectivity index (χ1) is 15.9. The Morgan fingerprint density at radius 2 is 1.64 bits per heavy atom. The minimum Gasteiger partial charge on any atom is -0.489 e. The highest BCUT2D eigenvalue weighted by molar-refractivity contribution is 7.16. The summed E-state index contributed by atoms with van der Waals surface area (Å²) in [5.74, 6) is -0.337. The molecule has 0 fully saturated rings. The van der Waals surface area contributed by atoms with Crippen molar-refractivity contribution >= 4 is 17.1 Å². The highest BCUT2D eigenvalue weighted by atomic mass is 32.1. The van der Waals surface area contributed by atoms with E-state index in [1.54, 1.807) is 43.5 Å². The molecule has 2 aromatic carbocycles. The van der Waals surface area contributed by atoms with Gasteiger partial charge in [0, 0.05) is 18.7 Å². The Balaban J connectivity index is 1.44. The van der Waals surface area contributed by atoms with E-state index >= 15 is 0 Å². The number of ether oxygens (including phenoxy) is 1. The molecule has 0 spiro atoms. The van der Waals surface area contributed by atoms with Crippen molar-refractivity contribution in [1.29, 1.82) is 0 Å². The van der Waals surface area contributed by atoms with Crippen molar-refractivity contribution in [2.75, 3.05) is 0 Å². The van der Waals surface area contributed by atoms with Crippen LogP contribution in [-0.4, -0.2) is 15.3 Å². The minimum atomic E-state index is -0.342. The maximum absolute atomic E-state index is 13.0. The number of carbonyl (C=O) groups excluding carboxylic acids is 1. The zero-order chi connectivity index (χ0) is 23.4. The van der Waals surface area contributed by atoms with E-state index in [0.717, 1.165) is 22.5 Å². The Bertz CT molecular complexity index is 1330. The van der Waals surface area contributed by atoms with E-state index in [4.69, 9.17) is 4.74 Å². The van der Waals surface area contributed by atoms with Crippen LogP contribution in [0.5, 0.6) is 5.75 Å². The molecule has 8 heteroatoms. The number of nitrogens with zero attached hydrogens (tertiary/aromatic N) is 2. The number of ketones is 1. The van der Waals surface area contributed by atoms with Crippen molar-refractivity contribution in [2.24, 2.45) is 0 Å². The van der Waals surface area contributed by atoms with E-state index in [1.165, 1.54) is 34.9 Å². The average Bonchev–Trinajstić information content (AvgIpc) is 3.19. The molecule has 0 N–H and O–H groups in total. The standard InChI is InChI=1S/C25H20F2N2O3S/c1-16-24(22(30)11-6-17-2-7-19(26)8-3-17)33-25(28-16)29-13-12-21(14-23(29)31)32-15-18-4-9-20(27)10-5-18/h2-5,7-10,12-14H,6,11,15H2,1H3. The number of hydrogen-bond acceptors (Lipinski definition) is 5. The second-order valence-electron chi connectivity index (χ2n) is 7.45. The van der Waals surface area contributed by atoms with Crippen LogP contribution in [0.15, 0.2) is 71.7 Å². The summed E-state index contributed by atoms with van der Waals surface area (Å²) in [6, 6.07) is 15.0. The van der Waals surface area contributed by atoms with Crippen molar-refractivity contribution in [3.8, 4) is 10.9 Å². The molecule has 4 rings (SSSR count). The lowest BCUT2D eigenvalue weighted by Gasteiger charge is -2.07. The molecule has 4 aromatic rings. The molecule has 0 aliphatic rings. The SMILES string of the molecule is Cc1nc(-n2ccc(OCc3ccc(F)cc3)cc2=O)sc1C(=O)CCc1ccc(F)cc1. The van der Waals surface area contributed by atoms with Crippen molar-refractivity contribution in [2.45, 2.75) is 26.4 Å². The fourth-order valence-electron chi connectivity index (χ4n) is 3.22. The summed E-state index contributed by atoms with van der Waals surface area (Å²) in [7, 11) is 0. The second-order valence-corrected chi connectivity index (χ2v) is 8.42. The number of Topliss-reactive ketones (excluding diaryl/α,β-unsaturated/α-hetero) is 1. The van der Waals surface area contributed by atoms with Crippen LogP contribution in [0.25, 0.3) is 5.13 Å². The Morgan fingerprint density at radius 1 is 1.00 bits per heavy atom. The van der Waals surface area contributed by atoms with E-state index in [-0.39, 0.29) is 36.0 Å². The number of halogens is 2. The summed E-state index contributed by atoms with van der Waals surface area (Å²) >= 11 is 1.16. The summed E-state index contributed by atoms with van der Waals surface area (Å²) < 4.78 is 33.0. The topological polar surface area (TPSA) is 61.2 Å². The van der Waals surface area contributed by atoms with Gasteiger partial charge in [-0.05, 0) is 54.8 Å². The van der Waals surface area contributed by atoms with Gasteiger partial charge in [0.2, 0.25) is 0 Å². The van der Waals surface area contributed by atoms with Gasteiger partial charge in [0.1, 0.15) is 24.0 Å². The lowest BCUT2D eigenvalue weighted by atomic mass is 10.1. The maximum atomic E-state index is 13.0. The molecular formula is C25H20F2N2O3S. The maximum Gasteiger partial charge on any atom is 0.260 e. The molecule has 0 aliphatic carbocycles. The highest BCUT2D eigenvalue weighted by Gasteiger charge is 2.17. The summed E-state index contributed by atoms with van der Waals surface area (Å²) in [5.41, 5.74) is 1.87. The van der Waals surface area contributed by atoms with Crippen LogP contribution in [0.3, 0.4) is 0 Å². The first-order valence-corrected chi connectivity index (χ1v) is 11.1. The van der Waals surface area contributed by atoms with E-state index in [2.05, 4.69) is 4.98 Å². The van der Waals surface area contributed by atoms with Crippen molar-refractivity contribution in [1.82, 2.24) is 9.55 Å². The Labute approximate surface area is 192 Å². The molecular weight excluding hydrogens is 446 g/mol. The minimum absolute atomic E-state index is 0.0760. The van der Waals surface area contributed by atoms with Gasteiger partial charge in [-0.25, -0.2) is 13.8 Å². The molecule has 5 nitrogen and oxygen atoms in total. The number of aromatic nitrogens is 2. The number of thiazole rings is 1. The highest BCUT2D eigenvalue weighted by Crippen LogP contribution is 2.23. The van der Waals surface area contributed by atoms with Crippen LogP contribution in [0.2, 0.25) is 0 Å². The number of carbonyl (C=O) groups is 1. The van der Waals surface area contributed by atoms with Gasteiger partial charge in [-0.2, -0.15) is 0 Å². The van der Waals surface area contributed by atoms with Gasteiger partial charge in [0.15, 0.2) is 10.9 Å². The number of rotatable bonds is 8. The summed E-state index contributed by atoms with van der Waals surface area (Å²) in [5, 5.41) is 0.396. The lowest BCUT2D eigenvalue weighted by molar-refractivity contribution is 0.0986. The molecule has 0 aliphatic heterocycles. The molecule has 0 saturated heterocycles. The number of benzene rings is 2. The fraction of sp³-hybridized carbons (Fsp3) is 0.160. The average molecular weight is 467 g/mol. The third-order valence-electron chi connectivity index (χ3n) is 5.01. The van der Waals surface area contributed by atoms with E-state index in [1.807, 2.05) is 0 Å². The van der Waals surface area contributed by atoms with E-state index in [9.17, 15) is 18.4 Å². The van der Waals surface area contributed by atoms with Gasteiger partial charge in [0.25, 0.3) is 5.56 Å². The molecule has 2 heterocycles. The first kappa shape index (κ1) is 22.5. The van der Waals surface area contributed by atoms with Crippen LogP contribution < -0.4 is 10.3 Å². The number of pyridine rings is 1. The largest absolute Gasteiger partial charge is 0.489 e. The van der Waals surface area contributed by atoms with E-state index < -0.39 is 0 Å². The van der Waals surface area contributed by atoms with Gasteiger partial charge >= 0.3 is 0 Å². The van der Waals surface area contributed by atoms with Crippen molar-refractivity contribution < 1.29 is 18.3 Å². The van der Waals surface area contributed by atoms with Crippen LogP contribution in [0.1, 0.15) is 32.9 Å². The normalized spacial score (nSPS) is 10.9. The Kier molecular flexibility index (Phi) is 6.74. The molecule has 0 amide bonds. The monoisotopic (exact) mass is 466 g/mol. The Morgan fingerprint density at radius 3 is 2.27 bits per heavy atom. The van der Waals surface area contributed by atoms with Crippen LogP contribution >= 0.6 is 11.3 Å². The Hall–Kier alpha value is -3.65. The molecule has 0 saturated carbocycles.